The van der Waals surface area contributed by atoms with Crippen molar-refractivity contribution in [3.63, 3.8) is 0 Å². The maximum atomic E-state index is 5.70. The van der Waals surface area contributed by atoms with E-state index in [4.69, 9.17) is 16.2 Å². The van der Waals surface area contributed by atoms with Gasteiger partial charge in [0, 0.05) is 0 Å². The molecule has 0 aromatic heterocycles. The third-order valence-corrected chi connectivity index (χ3v) is 3.14. The zero-order chi connectivity index (χ0) is 12.0. The SMILES string of the molecule is COc1ccccc1CC(C)C(CN)CN. The van der Waals surface area contributed by atoms with Crippen LogP contribution < -0.4 is 16.2 Å². The Morgan fingerprint density at radius 2 is 1.81 bits per heavy atom. The summed E-state index contributed by atoms with van der Waals surface area (Å²) in [6.45, 7) is 3.48. The van der Waals surface area contributed by atoms with E-state index in [0.29, 0.717) is 24.9 Å². The fourth-order valence-corrected chi connectivity index (χ4v) is 1.95. The molecule has 0 spiro atoms. The lowest BCUT2D eigenvalue weighted by molar-refractivity contribution is 0.360. The average Bonchev–Trinajstić information content (AvgIpc) is 2.31. The maximum absolute atomic E-state index is 5.70. The third-order valence-electron chi connectivity index (χ3n) is 3.14. The van der Waals surface area contributed by atoms with Crippen molar-refractivity contribution in [2.75, 3.05) is 20.2 Å². The molecule has 0 radical (unpaired) electrons. The molecule has 0 saturated heterocycles. The van der Waals surface area contributed by atoms with Gasteiger partial charge in [-0.25, -0.2) is 0 Å². The average molecular weight is 222 g/mol. The molecule has 0 heterocycles. The number of ether oxygens (including phenoxy) is 1. The van der Waals surface area contributed by atoms with Gasteiger partial charge >= 0.3 is 0 Å². The van der Waals surface area contributed by atoms with E-state index in [0.717, 1.165) is 12.2 Å². The lowest BCUT2D eigenvalue weighted by Gasteiger charge is -2.21. The highest BCUT2D eigenvalue weighted by atomic mass is 16.5. The molecule has 1 aromatic rings. The number of para-hydroxylation sites is 1. The molecule has 4 N–H and O–H groups in total. The maximum Gasteiger partial charge on any atom is 0.122 e. The van der Waals surface area contributed by atoms with E-state index in [2.05, 4.69) is 13.0 Å². The quantitative estimate of drug-likeness (QED) is 0.765. The van der Waals surface area contributed by atoms with Gasteiger partial charge in [0.15, 0.2) is 0 Å². The van der Waals surface area contributed by atoms with E-state index < -0.39 is 0 Å². The van der Waals surface area contributed by atoms with Gasteiger partial charge < -0.3 is 16.2 Å². The minimum Gasteiger partial charge on any atom is -0.496 e. The summed E-state index contributed by atoms with van der Waals surface area (Å²) in [5.74, 6) is 1.80. The van der Waals surface area contributed by atoms with E-state index >= 15 is 0 Å². The van der Waals surface area contributed by atoms with Gasteiger partial charge in [-0.1, -0.05) is 25.1 Å². The highest BCUT2D eigenvalue weighted by Gasteiger charge is 2.16. The predicted molar refractivity (Wildman–Crippen MR) is 67.5 cm³/mol. The minimum absolute atomic E-state index is 0.380. The Balaban J connectivity index is 2.71. The molecular formula is C13H22N2O. The number of nitrogens with two attached hydrogens (primary N) is 2. The zero-order valence-corrected chi connectivity index (χ0v) is 10.1. The van der Waals surface area contributed by atoms with Crippen molar-refractivity contribution in [2.45, 2.75) is 13.3 Å². The van der Waals surface area contributed by atoms with Gasteiger partial charge in [0.2, 0.25) is 0 Å². The fourth-order valence-electron chi connectivity index (χ4n) is 1.95. The van der Waals surface area contributed by atoms with Crippen LogP contribution in [0.4, 0.5) is 0 Å². The lowest BCUT2D eigenvalue weighted by Crippen LogP contribution is -2.30. The second kappa shape index (κ2) is 6.51. The van der Waals surface area contributed by atoms with Crippen LogP contribution in [0.25, 0.3) is 0 Å². The van der Waals surface area contributed by atoms with Crippen LogP contribution in [0.5, 0.6) is 5.75 Å². The van der Waals surface area contributed by atoms with E-state index in [-0.39, 0.29) is 0 Å². The Bertz CT molecular complexity index is 311. The normalized spacial score (nSPS) is 12.8. The number of methoxy groups -OCH3 is 1. The molecule has 1 unspecified atom stereocenters. The van der Waals surface area contributed by atoms with Crippen LogP contribution in [-0.2, 0) is 6.42 Å². The molecule has 0 aliphatic carbocycles. The molecule has 16 heavy (non-hydrogen) atoms. The highest BCUT2D eigenvalue weighted by molar-refractivity contribution is 5.33. The molecular weight excluding hydrogens is 200 g/mol. The molecule has 0 fully saturated rings. The van der Waals surface area contributed by atoms with Crippen LogP contribution in [0.1, 0.15) is 12.5 Å². The summed E-state index contributed by atoms with van der Waals surface area (Å²) in [5, 5.41) is 0. The van der Waals surface area contributed by atoms with Crippen LogP contribution in [0.3, 0.4) is 0 Å². The standard InChI is InChI=1S/C13H22N2O/c1-10(12(8-14)9-15)7-11-5-3-4-6-13(11)16-2/h3-6,10,12H,7-9,14-15H2,1-2H3. The Labute approximate surface area is 97.8 Å². The first-order valence-corrected chi connectivity index (χ1v) is 5.75. The van der Waals surface area contributed by atoms with Crippen molar-refractivity contribution < 1.29 is 4.74 Å². The molecule has 1 atom stereocenters. The molecule has 0 saturated carbocycles. The van der Waals surface area contributed by atoms with Gasteiger partial charge in [-0.3, -0.25) is 0 Å². The molecule has 0 aliphatic heterocycles. The summed E-state index contributed by atoms with van der Waals surface area (Å²) < 4.78 is 5.33. The summed E-state index contributed by atoms with van der Waals surface area (Å²) in [6, 6.07) is 8.10. The largest absolute Gasteiger partial charge is 0.496 e. The van der Waals surface area contributed by atoms with E-state index in [9.17, 15) is 0 Å². The minimum atomic E-state index is 0.380. The summed E-state index contributed by atoms with van der Waals surface area (Å²) in [6.07, 6.45) is 0.961. The molecule has 0 amide bonds. The topological polar surface area (TPSA) is 61.3 Å². The van der Waals surface area contributed by atoms with Gasteiger partial charge in [0.25, 0.3) is 0 Å². The Hall–Kier alpha value is -1.06. The van der Waals surface area contributed by atoms with Crippen LogP contribution in [-0.4, -0.2) is 20.2 Å². The van der Waals surface area contributed by atoms with E-state index in [1.807, 2.05) is 18.2 Å². The summed E-state index contributed by atoms with van der Waals surface area (Å²) in [4.78, 5) is 0. The van der Waals surface area contributed by atoms with Gasteiger partial charge in [-0.15, -0.1) is 0 Å². The Kier molecular flexibility index (Phi) is 5.29. The zero-order valence-electron chi connectivity index (χ0n) is 10.1. The first kappa shape index (κ1) is 13.0. The summed E-state index contributed by atoms with van der Waals surface area (Å²) >= 11 is 0. The summed E-state index contributed by atoms with van der Waals surface area (Å²) in [5.41, 5.74) is 12.6. The van der Waals surface area contributed by atoms with E-state index in [1.165, 1.54) is 5.56 Å². The van der Waals surface area contributed by atoms with Gasteiger partial charge in [0.1, 0.15) is 5.75 Å². The smallest absolute Gasteiger partial charge is 0.122 e. The molecule has 1 rings (SSSR count). The second-order valence-electron chi connectivity index (χ2n) is 4.22. The Morgan fingerprint density at radius 3 is 2.38 bits per heavy atom. The lowest BCUT2D eigenvalue weighted by atomic mass is 9.88. The van der Waals surface area contributed by atoms with Gasteiger partial charge in [-0.2, -0.15) is 0 Å². The molecule has 3 heteroatoms. The van der Waals surface area contributed by atoms with Crippen molar-refractivity contribution >= 4 is 0 Å². The number of hydrogen-bond donors (Lipinski definition) is 2. The Morgan fingerprint density at radius 1 is 1.19 bits per heavy atom. The summed E-state index contributed by atoms with van der Waals surface area (Å²) in [7, 11) is 1.70. The van der Waals surface area contributed by atoms with Crippen LogP contribution in [0.2, 0.25) is 0 Å². The predicted octanol–water partition coefficient (Wildman–Crippen LogP) is 1.41. The monoisotopic (exact) mass is 222 g/mol. The van der Waals surface area contributed by atoms with Crippen molar-refractivity contribution in [1.29, 1.82) is 0 Å². The van der Waals surface area contributed by atoms with Gasteiger partial charge in [-0.05, 0) is 43.0 Å². The number of hydrogen-bond acceptors (Lipinski definition) is 3. The first-order valence-electron chi connectivity index (χ1n) is 5.75. The van der Waals surface area contributed by atoms with Crippen molar-refractivity contribution in [3.8, 4) is 5.75 Å². The fraction of sp³-hybridized carbons (Fsp3) is 0.538. The number of rotatable bonds is 6. The molecule has 0 bridgehead atoms. The van der Waals surface area contributed by atoms with Crippen LogP contribution >= 0.6 is 0 Å². The third kappa shape index (κ3) is 3.22. The molecule has 1 aromatic carbocycles. The molecule has 0 aliphatic rings. The number of benzene rings is 1. The van der Waals surface area contributed by atoms with E-state index in [1.54, 1.807) is 7.11 Å². The van der Waals surface area contributed by atoms with Crippen molar-refractivity contribution in [3.05, 3.63) is 29.8 Å². The van der Waals surface area contributed by atoms with Crippen molar-refractivity contribution in [2.24, 2.45) is 23.3 Å². The van der Waals surface area contributed by atoms with Gasteiger partial charge in [0.05, 0.1) is 7.11 Å². The first-order chi connectivity index (χ1) is 7.72. The highest BCUT2D eigenvalue weighted by Crippen LogP contribution is 2.23. The van der Waals surface area contributed by atoms with Crippen LogP contribution in [0, 0.1) is 11.8 Å². The second-order valence-corrected chi connectivity index (χ2v) is 4.22. The van der Waals surface area contributed by atoms with Crippen molar-refractivity contribution in [1.82, 2.24) is 0 Å². The molecule has 3 nitrogen and oxygen atoms in total. The van der Waals surface area contributed by atoms with Crippen LogP contribution in [0.15, 0.2) is 24.3 Å². The molecule has 90 valence electrons.